The molecule has 5 nitrogen and oxygen atoms in total. The van der Waals surface area contributed by atoms with Crippen LogP contribution in [0, 0.1) is 11.7 Å². The Morgan fingerprint density at radius 2 is 1.88 bits per heavy atom. The van der Waals surface area contributed by atoms with Crippen LogP contribution in [0.2, 0.25) is 0 Å². The number of benzene rings is 1. The van der Waals surface area contributed by atoms with Crippen molar-refractivity contribution in [3.05, 3.63) is 35.6 Å². The Balaban J connectivity index is 1.99. The van der Waals surface area contributed by atoms with Crippen LogP contribution in [0.15, 0.2) is 24.3 Å². The van der Waals surface area contributed by atoms with Gasteiger partial charge in [0.05, 0.1) is 12.6 Å². The van der Waals surface area contributed by atoms with Crippen molar-refractivity contribution in [1.29, 1.82) is 0 Å². The summed E-state index contributed by atoms with van der Waals surface area (Å²) in [6.07, 6.45) is 5.54. The summed E-state index contributed by atoms with van der Waals surface area (Å²) < 4.78 is 13.2. The van der Waals surface area contributed by atoms with E-state index < -0.39 is 12.0 Å². The predicted molar refractivity (Wildman–Crippen MR) is 93.6 cm³/mol. The molecule has 0 heterocycles. The Labute approximate surface area is 148 Å². The Kier molecular flexibility index (Phi) is 7.37. The standard InChI is InChI=1S/C19H27FN2O3/c1-2-5-16(19(24)25)21-12-17(23)22-18(13-6-3-4-7-13)14-8-10-15(20)11-9-14/h8-11,13,16,18,21H,2-7,12H2,1H3,(H,22,23)(H,24,25). The molecule has 1 aromatic carbocycles. The summed E-state index contributed by atoms with van der Waals surface area (Å²) in [5, 5.41) is 15.0. The fourth-order valence-electron chi connectivity index (χ4n) is 3.48. The van der Waals surface area contributed by atoms with Gasteiger partial charge >= 0.3 is 5.97 Å². The van der Waals surface area contributed by atoms with Crippen molar-refractivity contribution in [3.8, 4) is 0 Å². The van der Waals surface area contributed by atoms with E-state index in [1.54, 1.807) is 12.1 Å². The smallest absolute Gasteiger partial charge is 0.320 e. The van der Waals surface area contributed by atoms with Gasteiger partial charge in [0.2, 0.25) is 5.91 Å². The molecular weight excluding hydrogens is 323 g/mol. The number of hydrogen-bond acceptors (Lipinski definition) is 3. The van der Waals surface area contributed by atoms with Crippen molar-refractivity contribution in [1.82, 2.24) is 10.6 Å². The van der Waals surface area contributed by atoms with E-state index in [0.29, 0.717) is 12.3 Å². The number of carbonyl (C=O) groups is 2. The molecule has 3 N–H and O–H groups in total. The van der Waals surface area contributed by atoms with Gasteiger partial charge in [-0.1, -0.05) is 38.3 Å². The average Bonchev–Trinajstić information content (AvgIpc) is 3.11. The normalized spacial score (nSPS) is 17.2. The van der Waals surface area contributed by atoms with Gasteiger partial charge in [0, 0.05) is 0 Å². The zero-order valence-electron chi connectivity index (χ0n) is 14.6. The highest BCUT2D eigenvalue weighted by Gasteiger charge is 2.28. The van der Waals surface area contributed by atoms with Gasteiger partial charge < -0.3 is 10.4 Å². The number of carbonyl (C=O) groups excluding carboxylic acids is 1. The monoisotopic (exact) mass is 350 g/mol. The molecule has 1 fully saturated rings. The van der Waals surface area contributed by atoms with Crippen molar-refractivity contribution in [2.45, 2.75) is 57.5 Å². The molecule has 0 spiro atoms. The summed E-state index contributed by atoms with van der Waals surface area (Å²) in [6, 6.07) is 5.36. The van der Waals surface area contributed by atoms with Crippen molar-refractivity contribution in [3.63, 3.8) is 0 Å². The van der Waals surface area contributed by atoms with Gasteiger partial charge in [0.25, 0.3) is 0 Å². The molecule has 0 bridgehead atoms. The maximum absolute atomic E-state index is 13.2. The Bertz CT molecular complexity index is 571. The van der Waals surface area contributed by atoms with Crippen LogP contribution >= 0.6 is 0 Å². The second kappa shape index (κ2) is 9.51. The van der Waals surface area contributed by atoms with Gasteiger partial charge in [-0.3, -0.25) is 14.9 Å². The van der Waals surface area contributed by atoms with Crippen LogP contribution in [0.1, 0.15) is 57.1 Å². The Morgan fingerprint density at radius 1 is 1.24 bits per heavy atom. The molecule has 0 radical (unpaired) electrons. The topological polar surface area (TPSA) is 78.4 Å². The highest BCUT2D eigenvalue weighted by Crippen LogP contribution is 2.35. The van der Waals surface area contributed by atoms with E-state index in [9.17, 15) is 14.0 Å². The third-order valence-electron chi connectivity index (χ3n) is 4.80. The fourth-order valence-corrected chi connectivity index (χ4v) is 3.48. The largest absolute Gasteiger partial charge is 0.480 e. The number of carboxylic acids is 1. The van der Waals surface area contributed by atoms with E-state index >= 15 is 0 Å². The summed E-state index contributed by atoms with van der Waals surface area (Å²) in [6.45, 7) is 1.86. The van der Waals surface area contributed by atoms with E-state index in [1.807, 2.05) is 6.92 Å². The third kappa shape index (κ3) is 5.81. The second-order valence-corrected chi connectivity index (χ2v) is 6.70. The average molecular weight is 350 g/mol. The Hall–Kier alpha value is -1.95. The van der Waals surface area contributed by atoms with E-state index in [0.717, 1.165) is 37.7 Å². The lowest BCUT2D eigenvalue weighted by atomic mass is 9.91. The van der Waals surface area contributed by atoms with Crippen molar-refractivity contribution < 1.29 is 19.1 Å². The molecule has 1 saturated carbocycles. The first-order valence-corrected chi connectivity index (χ1v) is 9.02. The van der Waals surface area contributed by atoms with Gasteiger partial charge in [-0.15, -0.1) is 0 Å². The molecular formula is C19H27FN2O3. The highest BCUT2D eigenvalue weighted by molar-refractivity contribution is 5.80. The van der Waals surface area contributed by atoms with Crippen LogP contribution in [0.3, 0.4) is 0 Å². The third-order valence-corrected chi connectivity index (χ3v) is 4.80. The lowest BCUT2D eigenvalue weighted by Crippen LogP contribution is -2.44. The molecule has 2 atom stereocenters. The number of rotatable bonds is 9. The summed E-state index contributed by atoms with van der Waals surface area (Å²) in [5.74, 6) is -1.14. The van der Waals surface area contributed by atoms with Crippen LogP contribution in [0.4, 0.5) is 4.39 Å². The van der Waals surface area contributed by atoms with Crippen molar-refractivity contribution >= 4 is 11.9 Å². The SMILES string of the molecule is CCCC(NCC(=O)NC(c1ccc(F)cc1)C1CCCC1)C(=O)O. The second-order valence-electron chi connectivity index (χ2n) is 6.70. The number of halogens is 1. The maximum Gasteiger partial charge on any atom is 0.320 e. The number of nitrogens with one attached hydrogen (secondary N) is 2. The van der Waals surface area contributed by atoms with E-state index in [4.69, 9.17) is 5.11 Å². The number of amides is 1. The lowest BCUT2D eigenvalue weighted by molar-refractivity contribution is -0.139. The molecule has 0 aromatic heterocycles. The van der Waals surface area contributed by atoms with Gasteiger partial charge in [-0.2, -0.15) is 0 Å². The first kappa shape index (κ1) is 19.4. The fraction of sp³-hybridized carbons (Fsp3) is 0.579. The number of hydrogen-bond donors (Lipinski definition) is 3. The molecule has 2 rings (SSSR count). The first-order valence-electron chi connectivity index (χ1n) is 9.02. The van der Waals surface area contributed by atoms with E-state index in [1.165, 1.54) is 12.1 Å². The summed E-state index contributed by atoms with van der Waals surface area (Å²) >= 11 is 0. The van der Waals surface area contributed by atoms with Crippen LogP contribution in [0.5, 0.6) is 0 Å². The van der Waals surface area contributed by atoms with E-state index in [2.05, 4.69) is 10.6 Å². The molecule has 138 valence electrons. The molecule has 6 heteroatoms. The van der Waals surface area contributed by atoms with E-state index in [-0.39, 0.29) is 24.3 Å². The van der Waals surface area contributed by atoms with Crippen LogP contribution < -0.4 is 10.6 Å². The highest BCUT2D eigenvalue weighted by atomic mass is 19.1. The minimum Gasteiger partial charge on any atom is -0.480 e. The Morgan fingerprint density at radius 3 is 2.44 bits per heavy atom. The molecule has 0 aliphatic heterocycles. The molecule has 1 aliphatic carbocycles. The van der Waals surface area contributed by atoms with Gasteiger partial charge in [0.1, 0.15) is 11.9 Å². The predicted octanol–water partition coefficient (Wildman–Crippen LogP) is 3.02. The first-order chi connectivity index (χ1) is 12.0. The van der Waals surface area contributed by atoms with Crippen molar-refractivity contribution in [2.24, 2.45) is 5.92 Å². The quantitative estimate of drug-likeness (QED) is 0.640. The molecule has 1 aliphatic rings. The van der Waals surface area contributed by atoms with Crippen LogP contribution in [-0.4, -0.2) is 29.6 Å². The number of aliphatic carboxylic acids is 1. The van der Waals surface area contributed by atoms with Gasteiger partial charge in [-0.25, -0.2) is 4.39 Å². The minimum atomic E-state index is -0.944. The van der Waals surface area contributed by atoms with Crippen LogP contribution in [0.25, 0.3) is 0 Å². The zero-order chi connectivity index (χ0) is 18.2. The molecule has 2 unspecified atom stereocenters. The van der Waals surface area contributed by atoms with Crippen LogP contribution in [-0.2, 0) is 9.59 Å². The summed E-state index contributed by atoms with van der Waals surface area (Å²) in [5.41, 5.74) is 0.894. The zero-order valence-corrected chi connectivity index (χ0v) is 14.6. The molecule has 25 heavy (non-hydrogen) atoms. The van der Waals surface area contributed by atoms with Crippen molar-refractivity contribution in [2.75, 3.05) is 6.54 Å². The minimum absolute atomic E-state index is 0.0403. The molecule has 0 saturated heterocycles. The molecule has 1 amide bonds. The lowest BCUT2D eigenvalue weighted by Gasteiger charge is -2.26. The van der Waals surface area contributed by atoms with Gasteiger partial charge in [-0.05, 0) is 42.9 Å². The van der Waals surface area contributed by atoms with Gasteiger partial charge in [0.15, 0.2) is 0 Å². The maximum atomic E-state index is 13.2. The molecule has 1 aromatic rings. The number of carboxylic acid groups (broad SMARTS) is 1. The summed E-state index contributed by atoms with van der Waals surface area (Å²) in [7, 11) is 0. The summed E-state index contributed by atoms with van der Waals surface area (Å²) in [4.78, 5) is 23.5.